The molecule has 1 fully saturated rings. The molecule has 15 nitrogen and oxygen atoms in total. The minimum absolute atomic E-state index is 0.198. The monoisotopic (exact) mass is 721 g/mol. The molecule has 1 aliphatic heterocycles. The third-order valence-corrected chi connectivity index (χ3v) is 9.43. The molecule has 1 saturated heterocycles. The van der Waals surface area contributed by atoms with E-state index in [2.05, 4.69) is 85.1 Å². The maximum absolute atomic E-state index is 11.0. The third-order valence-electron chi connectivity index (χ3n) is 9.43. The molecule has 0 radical (unpaired) electrons. The normalized spacial score (nSPS) is 13.1. The first-order valence-electron chi connectivity index (χ1n) is 17.5. The van der Waals surface area contributed by atoms with Crippen LogP contribution in [0.25, 0.3) is 33.4 Å². The molecule has 0 bridgehead atoms. The number of β-amino-alcohol motifs (C(OH)–C–C–N with tert-alkyl or cyclic N) is 1. The average molecular weight is 722 g/mol. The lowest BCUT2D eigenvalue weighted by Gasteiger charge is -2.35. The van der Waals surface area contributed by atoms with Gasteiger partial charge in [0.2, 0.25) is 11.9 Å². The molecule has 272 valence electrons. The summed E-state index contributed by atoms with van der Waals surface area (Å²) in [6.45, 7) is 6.01. The largest absolute Gasteiger partial charge is 0.390 e. The van der Waals surface area contributed by atoms with E-state index in [9.17, 15) is 9.90 Å². The van der Waals surface area contributed by atoms with E-state index in [0.29, 0.717) is 34.8 Å². The van der Waals surface area contributed by atoms with Crippen molar-refractivity contribution in [3.05, 3.63) is 120 Å². The SMILES string of the molecule is Cc1nn(-c2ccnc(Nc3ccc4c(ccn4C)c3)n2)cc1C=O.Cc1nn(-c2ccnc(Nc3ccc4c(ccn4C)c3)n2)cc1CN1CC(O)C1. The number of benzene rings is 2. The summed E-state index contributed by atoms with van der Waals surface area (Å²) in [7, 11) is 4.05. The van der Waals surface area contributed by atoms with Crippen LogP contribution in [0.3, 0.4) is 0 Å². The lowest BCUT2D eigenvalue weighted by atomic mass is 10.1. The molecular formula is C39H39N13O2. The second-order valence-corrected chi connectivity index (χ2v) is 13.4. The van der Waals surface area contributed by atoms with Crippen LogP contribution >= 0.6 is 0 Å². The molecule has 7 heterocycles. The Hall–Kier alpha value is -6.71. The summed E-state index contributed by atoms with van der Waals surface area (Å²) in [6, 6.07) is 20.0. The number of rotatable bonds is 9. The first-order valence-corrected chi connectivity index (χ1v) is 17.5. The number of aliphatic hydroxyl groups is 1. The van der Waals surface area contributed by atoms with Gasteiger partial charge in [-0.25, -0.2) is 19.3 Å². The van der Waals surface area contributed by atoms with Crippen LogP contribution in [-0.4, -0.2) is 84.1 Å². The van der Waals surface area contributed by atoms with Crippen molar-refractivity contribution >= 4 is 51.4 Å². The molecule has 15 heteroatoms. The number of carbonyl (C=O) groups is 1. The number of aromatic nitrogens is 10. The molecule has 0 saturated carbocycles. The third kappa shape index (κ3) is 7.17. The molecule has 0 spiro atoms. The summed E-state index contributed by atoms with van der Waals surface area (Å²) >= 11 is 0. The van der Waals surface area contributed by atoms with E-state index in [0.717, 1.165) is 64.8 Å². The lowest BCUT2D eigenvalue weighted by Crippen LogP contribution is -2.49. The summed E-state index contributed by atoms with van der Waals surface area (Å²) < 4.78 is 7.52. The Morgan fingerprint density at radius 3 is 1.80 bits per heavy atom. The van der Waals surface area contributed by atoms with E-state index < -0.39 is 0 Å². The highest BCUT2D eigenvalue weighted by Gasteiger charge is 2.25. The van der Waals surface area contributed by atoms with Gasteiger partial charge in [0.05, 0.1) is 23.1 Å². The molecule has 0 amide bonds. The van der Waals surface area contributed by atoms with Crippen LogP contribution in [-0.2, 0) is 20.6 Å². The van der Waals surface area contributed by atoms with Crippen molar-refractivity contribution in [3.63, 3.8) is 0 Å². The van der Waals surface area contributed by atoms with Crippen LogP contribution in [0, 0.1) is 13.8 Å². The first kappa shape index (κ1) is 34.4. The van der Waals surface area contributed by atoms with Crippen molar-refractivity contribution in [3.8, 4) is 11.6 Å². The number of nitrogens with one attached hydrogen (secondary N) is 2. The fraction of sp³-hybridized carbons (Fsp3) is 0.205. The van der Waals surface area contributed by atoms with Crippen molar-refractivity contribution in [2.75, 3.05) is 23.7 Å². The highest BCUT2D eigenvalue weighted by atomic mass is 16.3. The van der Waals surface area contributed by atoms with Gasteiger partial charge >= 0.3 is 0 Å². The van der Waals surface area contributed by atoms with Crippen LogP contribution < -0.4 is 10.6 Å². The second-order valence-electron chi connectivity index (χ2n) is 13.4. The van der Waals surface area contributed by atoms with Crippen LogP contribution in [0.5, 0.6) is 0 Å². The zero-order valence-electron chi connectivity index (χ0n) is 30.3. The van der Waals surface area contributed by atoms with Gasteiger partial charge in [0, 0.05) is 122 Å². The highest BCUT2D eigenvalue weighted by molar-refractivity contribution is 5.85. The molecule has 6 aromatic heterocycles. The molecule has 0 atom stereocenters. The van der Waals surface area contributed by atoms with Gasteiger partial charge in [0.1, 0.15) is 0 Å². The van der Waals surface area contributed by atoms with Crippen molar-refractivity contribution in [2.45, 2.75) is 26.5 Å². The summed E-state index contributed by atoms with van der Waals surface area (Å²) in [5.74, 6) is 2.29. The van der Waals surface area contributed by atoms with E-state index in [1.807, 2.05) is 63.9 Å². The molecule has 0 unspecified atom stereocenters. The minimum atomic E-state index is -0.198. The summed E-state index contributed by atoms with van der Waals surface area (Å²) in [4.78, 5) is 30.9. The van der Waals surface area contributed by atoms with E-state index in [1.165, 1.54) is 5.52 Å². The number of anilines is 4. The van der Waals surface area contributed by atoms with Crippen LogP contribution in [0.15, 0.2) is 97.8 Å². The Morgan fingerprint density at radius 1 is 0.741 bits per heavy atom. The number of likely N-dealkylation sites (tertiary alicyclic amines) is 1. The number of hydrogen-bond donors (Lipinski definition) is 3. The predicted molar refractivity (Wildman–Crippen MR) is 207 cm³/mol. The van der Waals surface area contributed by atoms with Gasteiger partial charge < -0.3 is 24.9 Å². The zero-order chi connectivity index (χ0) is 37.3. The summed E-state index contributed by atoms with van der Waals surface area (Å²) in [5.41, 5.74) is 7.50. The second kappa shape index (κ2) is 14.4. The number of hydrogen-bond acceptors (Lipinski definition) is 11. The number of aryl methyl sites for hydroxylation is 4. The van der Waals surface area contributed by atoms with Crippen LogP contribution in [0.1, 0.15) is 27.3 Å². The topological polar surface area (TPSA) is 162 Å². The maximum Gasteiger partial charge on any atom is 0.229 e. The molecule has 3 N–H and O–H groups in total. The first-order chi connectivity index (χ1) is 26.2. The van der Waals surface area contributed by atoms with Gasteiger partial charge in [-0.2, -0.15) is 20.2 Å². The Bertz CT molecular complexity index is 2610. The quantitative estimate of drug-likeness (QED) is 0.164. The standard InChI is InChI=1S/C21H23N7O.C18H16N6O/c1-14-16(10-27-12-18(29)13-27)11-28(25-14)20-5-7-22-21(24-20)23-17-3-4-19-15(9-17)6-8-26(19)2;1-12-14(11-25)10-24(22-12)17-5-7-19-18(21-17)20-15-3-4-16-13(9-15)6-8-23(16)2/h3-9,11,18,29H,10,12-13H2,1-2H3,(H,22,23,24);3-11H,1-2H3,(H,19,20,21). The summed E-state index contributed by atoms with van der Waals surface area (Å²) in [5, 5.41) is 27.2. The maximum atomic E-state index is 11.0. The van der Waals surface area contributed by atoms with Gasteiger partial charge in [-0.3, -0.25) is 9.69 Å². The van der Waals surface area contributed by atoms with Crippen LogP contribution in [0.4, 0.5) is 23.3 Å². The van der Waals surface area contributed by atoms with Crippen molar-refractivity contribution in [1.82, 2.24) is 53.5 Å². The van der Waals surface area contributed by atoms with Gasteiger partial charge in [0.15, 0.2) is 17.9 Å². The van der Waals surface area contributed by atoms with E-state index in [4.69, 9.17) is 0 Å². The zero-order valence-corrected chi connectivity index (χ0v) is 30.3. The van der Waals surface area contributed by atoms with Crippen molar-refractivity contribution in [1.29, 1.82) is 0 Å². The predicted octanol–water partition coefficient (Wildman–Crippen LogP) is 5.40. The number of fused-ring (bicyclic) bond motifs is 2. The van der Waals surface area contributed by atoms with Gasteiger partial charge in [-0.15, -0.1) is 0 Å². The average Bonchev–Trinajstić information content (AvgIpc) is 3.93. The number of aliphatic hydroxyl groups excluding tert-OH is 1. The van der Waals surface area contributed by atoms with Gasteiger partial charge in [0.25, 0.3) is 0 Å². The van der Waals surface area contributed by atoms with E-state index >= 15 is 0 Å². The Labute approximate surface area is 310 Å². The van der Waals surface area contributed by atoms with Gasteiger partial charge in [-0.1, -0.05) is 0 Å². The number of nitrogens with zero attached hydrogens (tertiary/aromatic N) is 11. The smallest absolute Gasteiger partial charge is 0.229 e. The fourth-order valence-corrected chi connectivity index (χ4v) is 6.44. The molecule has 8 aromatic rings. The Kier molecular flexibility index (Phi) is 9.15. The molecule has 0 aliphatic carbocycles. The van der Waals surface area contributed by atoms with Crippen molar-refractivity contribution in [2.24, 2.45) is 14.1 Å². The molecular weight excluding hydrogens is 683 g/mol. The molecule has 2 aromatic carbocycles. The van der Waals surface area contributed by atoms with E-state index in [1.54, 1.807) is 40.9 Å². The summed E-state index contributed by atoms with van der Waals surface area (Å²) in [6.07, 6.45) is 11.7. The Morgan fingerprint density at radius 2 is 1.28 bits per heavy atom. The van der Waals surface area contributed by atoms with Crippen LogP contribution in [0.2, 0.25) is 0 Å². The van der Waals surface area contributed by atoms with Crippen molar-refractivity contribution < 1.29 is 9.90 Å². The molecule has 9 rings (SSSR count). The minimum Gasteiger partial charge on any atom is -0.390 e. The molecule has 54 heavy (non-hydrogen) atoms. The molecule has 1 aliphatic rings. The Balaban J connectivity index is 0.000000155. The van der Waals surface area contributed by atoms with E-state index in [-0.39, 0.29) is 6.10 Å². The fourth-order valence-electron chi connectivity index (χ4n) is 6.44. The number of carbonyl (C=O) groups excluding carboxylic acids is 1. The highest BCUT2D eigenvalue weighted by Crippen LogP contribution is 2.24. The lowest BCUT2D eigenvalue weighted by molar-refractivity contribution is -0.00297. The number of aldehydes is 1. The van der Waals surface area contributed by atoms with Gasteiger partial charge in [-0.05, 0) is 62.4 Å².